The second-order valence-electron chi connectivity index (χ2n) is 5.76. The first-order chi connectivity index (χ1) is 9.33. The Morgan fingerprint density at radius 1 is 1.16 bits per heavy atom. The lowest BCUT2D eigenvalue weighted by molar-refractivity contribution is 0.131. The van der Waals surface area contributed by atoms with E-state index in [1.54, 1.807) is 0 Å². The van der Waals surface area contributed by atoms with Gasteiger partial charge in [-0.3, -0.25) is 4.90 Å². The van der Waals surface area contributed by atoms with E-state index in [9.17, 15) is 0 Å². The topological polar surface area (TPSA) is 15.3 Å². The molecule has 0 radical (unpaired) electrons. The van der Waals surface area contributed by atoms with Crippen LogP contribution in [0.5, 0.6) is 0 Å². The number of hydrogen-bond acceptors (Lipinski definition) is 2. The maximum atomic E-state index is 3.20. The molecular formula is C17H28N2. The Morgan fingerprint density at radius 3 is 2.58 bits per heavy atom. The van der Waals surface area contributed by atoms with E-state index in [1.807, 2.05) is 7.05 Å². The summed E-state index contributed by atoms with van der Waals surface area (Å²) in [5, 5.41) is 3.20. The summed E-state index contributed by atoms with van der Waals surface area (Å²) in [4.78, 5) is 2.69. The summed E-state index contributed by atoms with van der Waals surface area (Å²) in [5.74, 6) is 0. The molecule has 0 saturated carbocycles. The summed E-state index contributed by atoms with van der Waals surface area (Å²) in [5.41, 5.74) is 2.83. The zero-order chi connectivity index (χ0) is 13.5. The van der Waals surface area contributed by atoms with Crippen LogP contribution in [0.1, 0.15) is 50.2 Å². The summed E-state index contributed by atoms with van der Waals surface area (Å²) >= 11 is 0. The monoisotopic (exact) mass is 260 g/mol. The highest BCUT2D eigenvalue weighted by Gasteiger charge is 2.21. The fraction of sp³-hybridized carbons (Fsp3) is 0.647. The van der Waals surface area contributed by atoms with Crippen LogP contribution in [0.2, 0.25) is 0 Å². The maximum Gasteiger partial charge on any atom is 0.0236 e. The molecular weight excluding hydrogens is 232 g/mol. The highest BCUT2D eigenvalue weighted by molar-refractivity contribution is 5.22. The summed E-state index contributed by atoms with van der Waals surface area (Å²) in [6.07, 6.45) is 6.85. The first-order valence-corrected chi connectivity index (χ1v) is 7.80. The van der Waals surface area contributed by atoms with Crippen LogP contribution in [-0.4, -0.2) is 24.5 Å². The van der Waals surface area contributed by atoms with Crippen molar-refractivity contribution in [2.45, 2.75) is 58.2 Å². The second-order valence-corrected chi connectivity index (χ2v) is 5.76. The van der Waals surface area contributed by atoms with Gasteiger partial charge < -0.3 is 5.32 Å². The van der Waals surface area contributed by atoms with Gasteiger partial charge >= 0.3 is 0 Å². The van der Waals surface area contributed by atoms with Gasteiger partial charge in [-0.25, -0.2) is 0 Å². The molecule has 1 unspecified atom stereocenters. The molecule has 1 saturated heterocycles. The number of hydrogen-bond donors (Lipinski definition) is 1. The summed E-state index contributed by atoms with van der Waals surface area (Å²) in [7, 11) is 2.00. The largest absolute Gasteiger partial charge is 0.316 e. The van der Waals surface area contributed by atoms with Crippen LogP contribution in [0.25, 0.3) is 0 Å². The van der Waals surface area contributed by atoms with E-state index in [1.165, 1.54) is 49.8 Å². The predicted octanol–water partition coefficient (Wildman–Crippen LogP) is 3.56. The molecule has 1 heterocycles. The number of piperidine rings is 1. The quantitative estimate of drug-likeness (QED) is 0.841. The van der Waals surface area contributed by atoms with Gasteiger partial charge in [0, 0.05) is 19.1 Å². The van der Waals surface area contributed by atoms with Crippen molar-refractivity contribution < 1.29 is 0 Å². The maximum absolute atomic E-state index is 3.20. The zero-order valence-corrected chi connectivity index (χ0v) is 12.5. The molecule has 0 aromatic heterocycles. The van der Waals surface area contributed by atoms with Gasteiger partial charge in [0.15, 0.2) is 0 Å². The number of benzene rings is 1. The van der Waals surface area contributed by atoms with Crippen LogP contribution in [0.4, 0.5) is 0 Å². The minimum Gasteiger partial charge on any atom is -0.316 e. The molecule has 1 aromatic rings. The predicted molar refractivity (Wildman–Crippen MR) is 82.2 cm³/mol. The van der Waals surface area contributed by atoms with Crippen LogP contribution >= 0.6 is 0 Å². The summed E-state index contributed by atoms with van der Waals surface area (Å²) in [6.45, 7) is 5.68. The Hall–Kier alpha value is -0.860. The molecule has 19 heavy (non-hydrogen) atoms. The van der Waals surface area contributed by atoms with Gasteiger partial charge in [0.2, 0.25) is 0 Å². The van der Waals surface area contributed by atoms with Gasteiger partial charge in [-0.15, -0.1) is 0 Å². The van der Waals surface area contributed by atoms with Gasteiger partial charge in [0.05, 0.1) is 0 Å². The number of likely N-dealkylation sites (tertiary alicyclic amines) is 1. The second kappa shape index (κ2) is 7.66. The minimum absolute atomic E-state index is 0.815. The molecule has 1 aromatic carbocycles. The first-order valence-electron chi connectivity index (χ1n) is 7.80. The van der Waals surface area contributed by atoms with Crippen molar-refractivity contribution in [3.8, 4) is 0 Å². The van der Waals surface area contributed by atoms with Gasteiger partial charge in [-0.2, -0.15) is 0 Å². The molecule has 2 rings (SSSR count). The summed E-state index contributed by atoms with van der Waals surface area (Å²) in [6, 6.07) is 9.92. The molecule has 0 spiro atoms. The smallest absolute Gasteiger partial charge is 0.0236 e. The molecule has 2 heteroatoms. The van der Waals surface area contributed by atoms with Crippen molar-refractivity contribution >= 4 is 0 Å². The number of nitrogens with one attached hydrogen (secondary N) is 1. The lowest BCUT2D eigenvalue weighted by Gasteiger charge is -2.35. The average molecular weight is 260 g/mol. The first kappa shape index (κ1) is 14.5. The van der Waals surface area contributed by atoms with Crippen molar-refractivity contribution in [3.05, 3.63) is 35.4 Å². The van der Waals surface area contributed by atoms with E-state index in [4.69, 9.17) is 0 Å². The molecule has 1 aliphatic heterocycles. The molecule has 106 valence electrons. The van der Waals surface area contributed by atoms with Crippen molar-refractivity contribution in [2.75, 3.05) is 13.6 Å². The highest BCUT2D eigenvalue weighted by Crippen LogP contribution is 2.23. The third-order valence-electron chi connectivity index (χ3n) is 4.16. The van der Waals surface area contributed by atoms with Crippen LogP contribution in [0.15, 0.2) is 24.3 Å². The van der Waals surface area contributed by atoms with Gasteiger partial charge in [-0.05, 0) is 44.0 Å². The Kier molecular flexibility index (Phi) is 5.87. The van der Waals surface area contributed by atoms with Crippen molar-refractivity contribution in [1.82, 2.24) is 10.2 Å². The molecule has 1 atom stereocenters. The van der Waals surface area contributed by atoms with E-state index in [2.05, 4.69) is 41.4 Å². The molecule has 1 fully saturated rings. The van der Waals surface area contributed by atoms with E-state index in [0.29, 0.717) is 0 Å². The van der Waals surface area contributed by atoms with E-state index < -0.39 is 0 Å². The highest BCUT2D eigenvalue weighted by atomic mass is 15.2. The molecule has 1 N–H and O–H groups in total. The van der Waals surface area contributed by atoms with Crippen LogP contribution in [0, 0.1) is 0 Å². The lowest BCUT2D eigenvalue weighted by Crippen LogP contribution is -2.38. The van der Waals surface area contributed by atoms with Crippen LogP contribution < -0.4 is 5.32 Å². The standard InChI is InChI=1S/C17H28N2/c1-3-6-17-7-4-5-12-19(17)14-16-10-8-15(9-11-16)13-18-2/h8-11,17-18H,3-7,12-14H2,1-2H3. The Labute approximate surface area is 118 Å². The van der Waals surface area contributed by atoms with Crippen molar-refractivity contribution in [2.24, 2.45) is 0 Å². The minimum atomic E-state index is 0.815. The molecule has 0 aliphatic carbocycles. The third kappa shape index (κ3) is 4.32. The molecule has 0 amide bonds. The fourth-order valence-electron chi connectivity index (χ4n) is 3.13. The molecule has 2 nitrogen and oxygen atoms in total. The van der Waals surface area contributed by atoms with Gasteiger partial charge in [0.1, 0.15) is 0 Å². The van der Waals surface area contributed by atoms with Crippen molar-refractivity contribution in [3.63, 3.8) is 0 Å². The molecule has 0 bridgehead atoms. The normalized spacial score (nSPS) is 20.6. The van der Waals surface area contributed by atoms with Crippen LogP contribution in [-0.2, 0) is 13.1 Å². The zero-order valence-electron chi connectivity index (χ0n) is 12.5. The number of nitrogens with zero attached hydrogens (tertiary/aromatic N) is 1. The van der Waals surface area contributed by atoms with Crippen molar-refractivity contribution in [1.29, 1.82) is 0 Å². The van der Waals surface area contributed by atoms with Gasteiger partial charge in [0.25, 0.3) is 0 Å². The van der Waals surface area contributed by atoms with Gasteiger partial charge in [-0.1, -0.05) is 44.0 Å². The van der Waals surface area contributed by atoms with E-state index in [0.717, 1.165) is 19.1 Å². The lowest BCUT2D eigenvalue weighted by atomic mass is 9.97. The fourth-order valence-corrected chi connectivity index (χ4v) is 3.13. The Bertz CT molecular complexity index is 356. The summed E-state index contributed by atoms with van der Waals surface area (Å²) < 4.78 is 0. The SMILES string of the molecule is CCCC1CCCCN1Cc1ccc(CNC)cc1. The Morgan fingerprint density at radius 2 is 1.89 bits per heavy atom. The van der Waals surface area contributed by atoms with Crippen LogP contribution in [0.3, 0.4) is 0 Å². The Balaban J connectivity index is 1.94. The third-order valence-corrected chi connectivity index (χ3v) is 4.16. The number of rotatable bonds is 6. The van der Waals surface area contributed by atoms with E-state index in [-0.39, 0.29) is 0 Å². The van der Waals surface area contributed by atoms with E-state index >= 15 is 0 Å². The average Bonchev–Trinajstić information content (AvgIpc) is 2.44. The molecule has 1 aliphatic rings.